The highest BCUT2D eigenvalue weighted by atomic mass is 35.5. The number of rotatable bonds is 6. The van der Waals surface area contributed by atoms with E-state index < -0.39 is 0 Å². The van der Waals surface area contributed by atoms with Crippen molar-refractivity contribution < 1.29 is 14.6 Å². The number of halogens is 2. The van der Waals surface area contributed by atoms with Gasteiger partial charge in [0, 0.05) is 12.2 Å². The van der Waals surface area contributed by atoms with Crippen LogP contribution in [-0.4, -0.2) is 55.9 Å². The molecule has 116 valence electrons. The van der Waals surface area contributed by atoms with Crippen LogP contribution in [0.15, 0.2) is 18.2 Å². The second-order valence-corrected chi connectivity index (χ2v) is 6.31. The largest absolute Gasteiger partial charge is 0.396 e. The maximum Gasteiger partial charge on any atom is 0.238 e. The lowest BCUT2D eigenvalue weighted by Gasteiger charge is -2.42. The molecule has 0 unspecified atom stereocenters. The summed E-state index contributed by atoms with van der Waals surface area (Å²) in [5, 5.41) is 13.0. The van der Waals surface area contributed by atoms with Crippen LogP contribution in [0.5, 0.6) is 0 Å². The first-order valence-corrected chi connectivity index (χ1v) is 7.32. The molecule has 2 N–H and O–H groups in total. The van der Waals surface area contributed by atoms with Crippen molar-refractivity contribution in [3.8, 4) is 0 Å². The number of benzene rings is 1. The molecule has 2 rings (SSSR count). The Morgan fingerprint density at radius 2 is 2.14 bits per heavy atom. The highest BCUT2D eigenvalue weighted by molar-refractivity contribution is 6.42. The molecule has 1 aliphatic heterocycles. The lowest BCUT2D eigenvalue weighted by atomic mass is 9.86. The molecule has 5 nitrogen and oxygen atoms in total. The van der Waals surface area contributed by atoms with E-state index in [0.29, 0.717) is 35.5 Å². The average Bonchev–Trinajstić information content (AvgIpc) is 2.38. The Kier molecular flexibility index (Phi) is 5.46. The number of hydrogen-bond acceptors (Lipinski definition) is 4. The summed E-state index contributed by atoms with van der Waals surface area (Å²) in [6.45, 7) is 1.95. The number of hydrogen-bond donors (Lipinski definition) is 2. The smallest absolute Gasteiger partial charge is 0.238 e. The molecule has 1 heterocycles. The number of carbonyl (C=O) groups is 1. The predicted molar refractivity (Wildman–Crippen MR) is 82.9 cm³/mol. The van der Waals surface area contributed by atoms with Crippen molar-refractivity contribution >= 4 is 34.8 Å². The lowest BCUT2D eigenvalue weighted by Crippen LogP contribution is -2.53. The zero-order valence-electron chi connectivity index (χ0n) is 11.7. The highest BCUT2D eigenvalue weighted by Crippen LogP contribution is 2.27. The fraction of sp³-hybridized carbons (Fsp3) is 0.500. The maximum atomic E-state index is 12.0. The molecule has 1 aromatic carbocycles. The molecule has 7 heteroatoms. The van der Waals surface area contributed by atoms with Crippen LogP contribution in [-0.2, 0) is 9.53 Å². The first-order chi connectivity index (χ1) is 9.94. The summed E-state index contributed by atoms with van der Waals surface area (Å²) >= 11 is 11.7. The molecule has 21 heavy (non-hydrogen) atoms. The van der Waals surface area contributed by atoms with Gasteiger partial charge in [-0.1, -0.05) is 23.2 Å². The Hall–Kier alpha value is -0.850. The first-order valence-electron chi connectivity index (χ1n) is 6.56. The minimum Gasteiger partial charge on any atom is -0.396 e. The number of aliphatic hydroxyl groups is 1. The molecular weight excluding hydrogens is 315 g/mol. The van der Waals surface area contributed by atoms with Gasteiger partial charge in [0.1, 0.15) is 0 Å². The minimum absolute atomic E-state index is 0.0613. The van der Waals surface area contributed by atoms with E-state index in [2.05, 4.69) is 5.32 Å². The second-order valence-electron chi connectivity index (χ2n) is 5.50. The normalized spacial score (nSPS) is 16.6. The van der Waals surface area contributed by atoms with Gasteiger partial charge in [-0.25, -0.2) is 0 Å². The summed E-state index contributed by atoms with van der Waals surface area (Å²) in [6.07, 6.45) is 0. The monoisotopic (exact) mass is 332 g/mol. The molecule has 0 spiro atoms. The topological polar surface area (TPSA) is 61.8 Å². The first kappa shape index (κ1) is 16.5. The molecule has 1 aromatic rings. The van der Waals surface area contributed by atoms with Crippen molar-refractivity contribution in [2.75, 3.05) is 45.3 Å². The van der Waals surface area contributed by atoms with Crippen molar-refractivity contribution in [2.24, 2.45) is 5.41 Å². The third-order valence-corrected chi connectivity index (χ3v) is 4.11. The van der Waals surface area contributed by atoms with Crippen LogP contribution in [0.2, 0.25) is 10.0 Å². The van der Waals surface area contributed by atoms with Crippen LogP contribution in [0, 0.1) is 5.41 Å². The van der Waals surface area contributed by atoms with E-state index >= 15 is 0 Å². The van der Waals surface area contributed by atoms with Gasteiger partial charge in [-0.2, -0.15) is 0 Å². The Labute approximate surface area is 133 Å². The van der Waals surface area contributed by atoms with E-state index in [-0.39, 0.29) is 24.5 Å². The third kappa shape index (κ3) is 4.31. The fourth-order valence-electron chi connectivity index (χ4n) is 2.27. The summed E-state index contributed by atoms with van der Waals surface area (Å²) in [6, 6.07) is 4.94. The molecule has 1 fully saturated rings. The van der Waals surface area contributed by atoms with Crippen molar-refractivity contribution in [2.45, 2.75) is 0 Å². The number of aliphatic hydroxyl groups excluding tert-OH is 1. The minimum atomic E-state index is -0.237. The van der Waals surface area contributed by atoms with E-state index in [0.717, 1.165) is 0 Å². The highest BCUT2D eigenvalue weighted by Gasteiger charge is 2.39. The average molecular weight is 333 g/mol. The Morgan fingerprint density at radius 3 is 2.67 bits per heavy atom. The quantitative estimate of drug-likeness (QED) is 0.834. The molecule has 0 bridgehead atoms. The van der Waals surface area contributed by atoms with Crippen LogP contribution in [0.3, 0.4) is 0 Å². The Bertz CT molecular complexity index is 515. The number of ether oxygens (including phenoxy) is 1. The van der Waals surface area contributed by atoms with Gasteiger partial charge in [0.05, 0.1) is 41.8 Å². The summed E-state index contributed by atoms with van der Waals surface area (Å²) in [5.41, 5.74) is 0.366. The molecule has 0 saturated carbocycles. The lowest BCUT2D eigenvalue weighted by molar-refractivity contribution is -0.147. The number of nitrogens with zero attached hydrogens (tertiary/aromatic N) is 1. The molecule has 0 atom stereocenters. The summed E-state index contributed by atoms with van der Waals surface area (Å²) in [7, 11) is 1.84. The second kappa shape index (κ2) is 6.94. The molecular formula is C14H18Cl2N2O3. The summed E-state index contributed by atoms with van der Waals surface area (Å²) < 4.78 is 5.14. The number of likely N-dealkylation sites (N-methyl/N-ethyl adjacent to an activating group) is 1. The number of carbonyl (C=O) groups excluding carboxylic acids is 1. The molecule has 0 radical (unpaired) electrons. The van der Waals surface area contributed by atoms with Crippen LogP contribution in [0.1, 0.15) is 0 Å². The number of amides is 1. The zero-order chi connectivity index (χ0) is 15.5. The molecule has 1 saturated heterocycles. The zero-order valence-corrected chi connectivity index (χ0v) is 13.2. The summed E-state index contributed by atoms with van der Waals surface area (Å²) in [4.78, 5) is 13.8. The van der Waals surface area contributed by atoms with Gasteiger partial charge in [0.15, 0.2) is 0 Å². The standard InChI is InChI=1S/C14H18Cl2N2O3/c1-18(6-14(7-19)8-21-9-14)5-13(20)17-10-2-3-11(15)12(16)4-10/h2-4,19H,5-9H2,1H3,(H,17,20). The van der Waals surface area contributed by atoms with Gasteiger partial charge >= 0.3 is 0 Å². The van der Waals surface area contributed by atoms with Crippen LogP contribution < -0.4 is 5.32 Å². The van der Waals surface area contributed by atoms with Crippen LogP contribution in [0.25, 0.3) is 0 Å². The van der Waals surface area contributed by atoms with Gasteiger partial charge in [0.2, 0.25) is 5.91 Å². The molecule has 0 aliphatic carbocycles. The van der Waals surface area contributed by atoms with E-state index in [1.165, 1.54) is 0 Å². The van der Waals surface area contributed by atoms with Gasteiger partial charge in [-0.05, 0) is 25.2 Å². The van der Waals surface area contributed by atoms with Gasteiger partial charge < -0.3 is 15.2 Å². The third-order valence-electron chi connectivity index (χ3n) is 3.37. The Balaban J connectivity index is 1.84. The molecule has 0 aromatic heterocycles. The van der Waals surface area contributed by atoms with Gasteiger partial charge in [0.25, 0.3) is 0 Å². The van der Waals surface area contributed by atoms with Crippen molar-refractivity contribution in [3.05, 3.63) is 28.2 Å². The Morgan fingerprint density at radius 1 is 1.43 bits per heavy atom. The van der Waals surface area contributed by atoms with E-state index in [9.17, 15) is 9.90 Å². The summed E-state index contributed by atoms with van der Waals surface area (Å²) in [5.74, 6) is -0.149. The predicted octanol–water partition coefficient (Wildman–Crippen LogP) is 1.87. The van der Waals surface area contributed by atoms with Crippen molar-refractivity contribution in [1.82, 2.24) is 4.90 Å². The van der Waals surface area contributed by atoms with Gasteiger partial charge in [-0.15, -0.1) is 0 Å². The number of nitrogens with one attached hydrogen (secondary N) is 1. The van der Waals surface area contributed by atoms with Crippen molar-refractivity contribution in [3.63, 3.8) is 0 Å². The van der Waals surface area contributed by atoms with Crippen molar-refractivity contribution in [1.29, 1.82) is 0 Å². The van der Waals surface area contributed by atoms with Crippen LogP contribution in [0.4, 0.5) is 5.69 Å². The fourth-order valence-corrected chi connectivity index (χ4v) is 2.57. The molecule has 1 aliphatic rings. The van der Waals surface area contributed by atoms with E-state index in [4.69, 9.17) is 27.9 Å². The van der Waals surface area contributed by atoms with E-state index in [1.807, 2.05) is 11.9 Å². The van der Waals surface area contributed by atoms with Crippen LogP contribution >= 0.6 is 23.2 Å². The molecule has 1 amide bonds. The van der Waals surface area contributed by atoms with Gasteiger partial charge in [-0.3, -0.25) is 9.69 Å². The van der Waals surface area contributed by atoms with E-state index in [1.54, 1.807) is 18.2 Å². The maximum absolute atomic E-state index is 12.0. The number of anilines is 1. The SMILES string of the molecule is CN(CC(=O)Nc1ccc(Cl)c(Cl)c1)CC1(CO)COC1.